The summed E-state index contributed by atoms with van der Waals surface area (Å²) < 4.78 is 6.91. The number of benzene rings is 2. The van der Waals surface area contributed by atoms with E-state index in [-0.39, 0.29) is 11.9 Å². The van der Waals surface area contributed by atoms with E-state index in [2.05, 4.69) is 20.7 Å². The molecule has 1 aliphatic rings. The van der Waals surface area contributed by atoms with E-state index in [4.69, 9.17) is 4.74 Å². The molecule has 0 radical (unpaired) electrons. The molecule has 1 atom stereocenters. The molecule has 1 aliphatic heterocycles. The number of nitrogens with zero attached hydrogens (tertiary/aromatic N) is 3. The minimum atomic E-state index is -0.363. The molecule has 28 heavy (non-hydrogen) atoms. The third kappa shape index (κ3) is 3.22. The fourth-order valence-corrected chi connectivity index (χ4v) is 3.31. The van der Waals surface area contributed by atoms with Gasteiger partial charge >= 0.3 is 0 Å². The van der Waals surface area contributed by atoms with Crippen molar-refractivity contribution < 1.29 is 9.53 Å². The van der Waals surface area contributed by atoms with Gasteiger partial charge in [0.25, 0.3) is 5.91 Å². The minimum absolute atomic E-state index is 0.193. The Morgan fingerprint density at radius 3 is 2.50 bits per heavy atom. The maximum absolute atomic E-state index is 13.2. The molecule has 2 aromatic carbocycles. The van der Waals surface area contributed by atoms with Gasteiger partial charge in [0.15, 0.2) is 0 Å². The van der Waals surface area contributed by atoms with E-state index in [0.29, 0.717) is 17.2 Å². The lowest BCUT2D eigenvalue weighted by Gasteiger charge is -2.28. The number of rotatable bonds is 4. The summed E-state index contributed by atoms with van der Waals surface area (Å²) in [5.41, 5.74) is 4.16. The Kier molecular flexibility index (Phi) is 4.57. The number of anilines is 2. The van der Waals surface area contributed by atoms with Gasteiger partial charge in [0.2, 0.25) is 5.95 Å². The summed E-state index contributed by atoms with van der Waals surface area (Å²) in [6.07, 6.45) is 1.49. The van der Waals surface area contributed by atoms with Gasteiger partial charge in [-0.1, -0.05) is 29.8 Å². The van der Waals surface area contributed by atoms with Crippen molar-refractivity contribution in [2.24, 2.45) is 0 Å². The zero-order valence-electron chi connectivity index (χ0n) is 15.9. The van der Waals surface area contributed by atoms with Gasteiger partial charge < -0.3 is 15.4 Å². The summed E-state index contributed by atoms with van der Waals surface area (Å²) in [6, 6.07) is 15.0. The van der Waals surface area contributed by atoms with Crippen molar-refractivity contribution in [3.63, 3.8) is 0 Å². The van der Waals surface area contributed by atoms with E-state index in [9.17, 15) is 4.79 Å². The van der Waals surface area contributed by atoms with Crippen LogP contribution in [0.3, 0.4) is 0 Å². The first kappa shape index (κ1) is 17.8. The third-order valence-corrected chi connectivity index (χ3v) is 4.78. The Hall–Kier alpha value is -3.61. The quantitative estimate of drug-likeness (QED) is 0.729. The molecular formula is C21H21N5O2. The largest absolute Gasteiger partial charge is 0.497 e. The number of hydrogen-bond donors (Lipinski definition) is 2. The van der Waals surface area contributed by atoms with Crippen LogP contribution in [-0.4, -0.2) is 27.8 Å². The third-order valence-electron chi connectivity index (χ3n) is 4.78. The van der Waals surface area contributed by atoms with Crippen LogP contribution < -0.4 is 15.4 Å². The highest BCUT2D eigenvalue weighted by atomic mass is 16.5. The fourth-order valence-electron chi connectivity index (χ4n) is 3.31. The molecule has 0 saturated heterocycles. The van der Waals surface area contributed by atoms with Crippen LogP contribution in [0.4, 0.5) is 11.6 Å². The second-order valence-electron chi connectivity index (χ2n) is 6.69. The molecular weight excluding hydrogens is 354 g/mol. The first-order valence-electron chi connectivity index (χ1n) is 8.96. The number of ether oxygens (including phenoxy) is 1. The molecule has 2 N–H and O–H groups in total. The van der Waals surface area contributed by atoms with Gasteiger partial charge in [0.05, 0.1) is 12.7 Å². The first-order chi connectivity index (χ1) is 13.6. The lowest BCUT2D eigenvalue weighted by atomic mass is 9.94. The Labute approximate surface area is 163 Å². The van der Waals surface area contributed by atoms with Gasteiger partial charge in [-0.25, -0.2) is 4.68 Å². The lowest BCUT2D eigenvalue weighted by Crippen LogP contribution is -2.31. The first-order valence-corrected chi connectivity index (χ1v) is 8.96. The molecule has 7 heteroatoms. The predicted octanol–water partition coefficient (Wildman–Crippen LogP) is 3.52. The molecule has 3 aromatic rings. The number of carbonyl (C=O) groups excluding carboxylic acids is 1. The number of carbonyl (C=O) groups is 1. The molecule has 1 amide bonds. The zero-order valence-corrected chi connectivity index (χ0v) is 15.9. The van der Waals surface area contributed by atoms with Crippen LogP contribution in [0.5, 0.6) is 5.75 Å². The van der Waals surface area contributed by atoms with Crippen LogP contribution in [0, 0.1) is 6.92 Å². The van der Waals surface area contributed by atoms with E-state index >= 15 is 0 Å². The van der Waals surface area contributed by atoms with Gasteiger partial charge in [-0.15, -0.1) is 0 Å². The molecule has 0 spiro atoms. The van der Waals surface area contributed by atoms with Crippen LogP contribution in [0.15, 0.2) is 66.1 Å². The highest BCUT2D eigenvalue weighted by Gasteiger charge is 2.33. The SMILES string of the molecule is COc1ccc(NC(=O)C2=C(C)Nc3ncnn3[C@H]2c2ccc(C)cc2)cc1. The van der Waals surface area contributed by atoms with Crippen LogP contribution in [0.1, 0.15) is 24.1 Å². The highest BCUT2D eigenvalue weighted by Crippen LogP contribution is 2.35. The second-order valence-corrected chi connectivity index (χ2v) is 6.69. The average molecular weight is 375 g/mol. The molecule has 2 heterocycles. The number of methoxy groups -OCH3 is 1. The number of nitrogens with one attached hydrogen (secondary N) is 2. The maximum atomic E-state index is 13.2. The summed E-state index contributed by atoms with van der Waals surface area (Å²) in [6.45, 7) is 3.91. The maximum Gasteiger partial charge on any atom is 0.255 e. The number of hydrogen-bond acceptors (Lipinski definition) is 5. The van der Waals surface area contributed by atoms with E-state index in [1.165, 1.54) is 6.33 Å². The summed E-state index contributed by atoms with van der Waals surface area (Å²) >= 11 is 0. The van der Waals surface area contributed by atoms with Gasteiger partial charge in [-0.3, -0.25) is 4.79 Å². The van der Waals surface area contributed by atoms with Gasteiger partial charge in [0, 0.05) is 11.4 Å². The number of allylic oxidation sites excluding steroid dienone is 1. The van der Waals surface area contributed by atoms with Crippen molar-refractivity contribution in [2.75, 3.05) is 17.7 Å². The van der Waals surface area contributed by atoms with Crippen LogP contribution in [0.2, 0.25) is 0 Å². The number of amides is 1. The number of aromatic nitrogens is 3. The normalized spacial score (nSPS) is 15.6. The van der Waals surface area contributed by atoms with E-state index < -0.39 is 0 Å². The fraction of sp³-hybridized carbons (Fsp3) is 0.190. The Bertz CT molecular complexity index is 1040. The van der Waals surface area contributed by atoms with E-state index in [0.717, 1.165) is 22.6 Å². The molecule has 142 valence electrons. The van der Waals surface area contributed by atoms with Crippen molar-refractivity contribution in [2.45, 2.75) is 19.9 Å². The van der Waals surface area contributed by atoms with Crippen molar-refractivity contribution >= 4 is 17.5 Å². The Balaban J connectivity index is 1.71. The lowest BCUT2D eigenvalue weighted by molar-refractivity contribution is -0.113. The molecule has 0 bridgehead atoms. The van der Waals surface area contributed by atoms with Gasteiger partial charge in [-0.05, 0) is 43.7 Å². The Morgan fingerprint density at radius 2 is 1.82 bits per heavy atom. The predicted molar refractivity (Wildman–Crippen MR) is 107 cm³/mol. The summed E-state index contributed by atoms with van der Waals surface area (Å²) in [5, 5.41) is 10.5. The molecule has 7 nitrogen and oxygen atoms in total. The minimum Gasteiger partial charge on any atom is -0.497 e. The number of fused-ring (bicyclic) bond motifs is 1. The summed E-state index contributed by atoms with van der Waals surface area (Å²) in [5.74, 6) is 1.16. The second kappa shape index (κ2) is 7.19. The standard InChI is InChI=1S/C21H21N5O2/c1-13-4-6-15(7-5-13)19-18(14(2)24-21-22-12-23-26(19)21)20(27)25-16-8-10-17(28-3)11-9-16/h4-12,19H,1-3H3,(H,25,27)(H,22,23,24)/t19-/m0/s1. The molecule has 0 aliphatic carbocycles. The topological polar surface area (TPSA) is 81.1 Å². The average Bonchev–Trinajstić information content (AvgIpc) is 3.16. The Morgan fingerprint density at radius 1 is 1.11 bits per heavy atom. The van der Waals surface area contributed by atoms with Gasteiger partial charge in [-0.2, -0.15) is 10.1 Å². The van der Waals surface area contributed by atoms with Crippen LogP contribution >= 0.6 is 0 Å². The zero-order chi connectivity index (χ0) is 19.7. The summed E-state index contributed by atoms with van der Waals surface area (Å²) in [4.78, 5) is 17.5. The smallest absolute Gasteiger partial charge is 0.255 e. The van der Waals surface area contributed by atoms with E-state index in [1.807, 2.05) is 62.4 Å². The van der Waals surface area contributed by atoms with Crippen molar-refractivity contribution in [1.82, 2.24) is 14.8 Å². The highest BCUT2D eigenvalue weighted by molar-refractivity contribution is 6.06. The van der Waals surface area contributed by atoms with Gasteiger partial charge in [0.1, 0.15) is 18.1 Å². The molecule has 4 rings (SSSR count). The van der Waals surface area contributed by atoms with Crippen molar-refractivity contribution in [3.05, 3.63) is 77.3 Å². The van der Waals surface area contributed by atoms with Crippen LogP contribution in [-0.2, 0) is 4.79 Å². The monoisotopic (exact) mass is 375 g/mol. The van der Waals surface area contributed by atoms with Crippen molar-refractivity contribution in [1.29, 1.82) is 0 Å². The van der Waals surface area contributed by atoms with Crippen LogP contribution in [0.25, 0.3) is 0 Å². The van der Waals surface area contributed by atoms with E-state index in [1.54, 1.807) is 11.8 Å². The molecule has 0 unspecified atom stereocenters. The summed E-state index contributed by atoms with van der Waals surface area (Å²) in [7, 11) is 1.61. The number of aryl methyl sites for hydroxylation is 1. The molecule has 0 fully saturated rings. The molecule has 0 saturated carbocycles. The van der Waals surface area contributed by atoms with Crippen molar-refractivity contribution in [3.8, 4) is 5.75 Å². The molecule has 1 aromatic heterocycles.